The van der Waals surface area contributed by atoms with Crippen LogP contribution in [0.4, 0.5) is 11.4 Å². The minimum atomic E-state index is -3.47. The van der Waals surface area contributed by atoms with Gasteiger partial charge in [0.15, 0.2) is 6.61 Å². The molecule has 31 heavy (non-hydrogen) atoms. The van der Waals surface area contributed by atoms with Crippen molar-refractivity contribution in [2.75, 3.05) is 28.7 Å². The summed E-state index contributed by atoms with van der Waals surface area (Å²) >= 11 is 1.55. The Balaban J connectivity index is 1.64. The Kier molecular flexibility index (Phi) is 7.59. The number of sulfonamides is 1. The lowest BCUT2D eigenvalue weighted by Crippen LogP contribution is -2.29. The fraction of sp³-hybridized carbons (Fsp3) is 0.174. The van der Waals surface area contributed by atoms with Crippen LogP contribution in [0.1, 0.15) is 5.56 Å². The highest BCUT2D eigenvalue weighted by atomic mass is 32.2. The lowest BCUT2D eigenvalue weighted by Gasteiger charge is -2.22. The zero-order valence-electron chi connectivity index (χ0n) is 17.3. The Morgan fingerprint density at radius 2 is 1.61 bits per heavy atom. The number of rotatable bonds is 9. The summed E-state index contributed by atoms with van der Waals surface area (Å²) < 4.78 is 31.5. The highest BCUT2D eigenvalue weighted by molar-refractivity contribution is 7.98. The zero-order chi connectivity index (χ0) is 22.3. The molecule has 0 heterocycles. The Morgan fingerprint density at radius 3 is 2.26 bits per heavy atom. The first-order chi connectivity index (χ1) is 14.9. The molecule has 0 aliphatic carbocycles. The Labute approximate surface area is 187 Å². The molecule has 0 bridgehead atoms. The fourth-order valence-corrected chi connectivity index (χ4v) is 4.38. The van der Waals surface area contributed by atoms with Gasteiger partial charge in [-0.25, -0.2) is 8.42 Å². The standard InChI is InChI=1S/C23H24N2O4S2/c1-30-22-11-7-6-10-21(22)24-23(26)17-29-20-14-12-19(13-15-20)25(31(2,27)28)16-18-8-4-3-5-9-18/h3-15H,16-17H2,1-2H3,(H,24,26). The molecule has 162 valence electrons. The van der Waals surface area contributed by atoms with Gasteiger partial charge < -0.3 is 10.1 Å². The summed E-state index contributed by atoms with van der Waals surface area (Å²) in [7, 11) is -3.47. The third-order valence-corrected chi connectivity index (χ3v) is 6.38. The number of para-hydroxylation sites is 1. The van der Waals surface area contributed by atoms with Crippen molar-refractivity contribution in [1.82, 2.24) is 0 Å². The molecule has 0 fully saturated rings. The van der Waals surface area contributed by atoms with Gasteiger partial charge in [-0.2, -0.15) is 0 Å². The molecule has 0 unspecified atom stereocenters. The third kappa shape index (κ3) is 6.50. The van der Waals surface area contributed by atoms with Crippen molar-refractivity contribution in [3.63, 3.8) is 0 Å². The molecule has 0 atom stereocenters. The number of anilines is 2. The second kappa shape index (κ2) is 10.4. The zero-order valence-corrected chi connectivity index (χ0v) is 18.9. The van der Waals surface area contributed by atoms with Gasteiger partial charge in [-0.1, -0.05) is 42.5 Å². The molecule has 0 saturated carbocycles. The van der Waals surface area contributed by atoms with Crippen molar-refractivity contribution in [2.24, 2.45) is 0 Å². The van der Waals surface area contributed by atoms with Crippen molar-refractivity contribution < 1.29 is 17.9 Å². The Hall–Kier alpha value is -2.97. The van der Waals surface area contributed by atoms with Crippen LogP contribution in [-0.4, -0.2) is 33.4 Å². The fourth-order valence-electron chi connectivity index (χ4n) is 2.94. The predicted octanol–water partition coefficient (Wildman–Crippen LogP) is 4.39. The molecule has 0 radical (unpaired) electrons. The number of nitrogens with zero attached hydrogens (tertiary/aromatic N) is 1. The van der Waals surface area contributed by atoms with E-state index in [2.05, 4.69) is 5.32 Å². The topological polar surface area (TPSA) is 75.7 Å². The van der Waals surface area contributed by atoms with Crippen molar-refractivity contribution in [1.29, 1.82) is 0 Å². The lowest BCUT2D eigenvalue weighted by molar-refractivity contribution is -0.118. The van der Waals surface area contributed by atoms with Gasteiger partial charge in [-0.3, -0.25) is 9.10 Å². The van der Waals surface area contributed by atoms with Crippen molar-refractivity contribution in [3.05, 3.63) is 84.4 Å². The second-order valence-corrected chi connectivity index (χ2v) is 9.54. The number of nitrogens with one attached hydrogen (secondary N) is 1. The summed E-state index contributed by atoms with van der Waals surface area (Å²) in [5.74, 6) is 0.206. The lowest BCUT2D eigenvalue weighted by atomic mass is 10.2. The van der Waals surface area contributed by atoms with Gasteiger partial charge in [-0.15, -0.1) is 11.8 Å². The molecule has 3 aromatic rings. The molecule has 1 N–H and O–H groups in total. The highest BCUT2D eigenvalue weighted by Crippen LogP contribution is 2.25. The van der Waals surface area contributed by atoms with Crippen molar-refractivity contribution >= 4 is 39.1 Å². The molecule has 3 aromatic carbocycles. The van der Waals surface area contributed by atoms with Gasteiger partial charge >= 0.3 is 0 Å². The summed E-state index contributed by atoms with van der Waals surface area (Å²) in [6.45, 7) is 0.0823. The first-order valence-corrected chi connectivity index (χ1v) is 12.6. The minimum Gasteiger partial charge on any atom is -0.484 e. The number of benzene rings is 3. The van der Waals surface area contributed by atoms with Crippen LogP contribution in [0.5, 0.6) is 5.75 Å². The van der Waals surface area contributed by atoms with Crippen LogP contribution in [-0.2, 0) is 21.4 Å². The number of ether oxygens (including phenoxy) is 1. The van der Waals surface area contributed by atoms with Crippen LogP contribution in [0.25, 0.3) is 0 Å². The molecule has 0 saturated heterocycles. The number of thioether (sulfide) groups is 1. The van der Waals surface area contributed by atoms with E-state index in [-0.39, 0.29) is 19.1 Å². The van der Waals surface area contributed by atoms with Gasteiger partial charge in [-0.05, 0) is 48.2 Å². The largest absolute Gasteiger partial charge is 0.484 e. The number of hydrogen-bond acceptors (Lipinski definition) is 5. The SMILES string of the molecule is CSc1ccccc1NC(=O)COc1ccc(N(Cc2ccccc2)S(C)(=O)=O)cc1. The summed E-state index contributed by atoms with van der Waals surface area (Å²) in [6, 6.07) is 23.6. The maximum Gasteiger partial charge on any atom is 0.262 e. The minimum absolute atomic E-state index is 0.151. The molecular formula is C23H24N2O4S2. The Morgan fingerprint density at radius 1 is 0.968 bits per heavy atom. The van der Waals surface area contributed by atoms with E-state index in [1.165, 1.54) is 10.6 Å². The molecule has 6 nitrogen and oxygen atoms in total. The monoisotopic (exact) mass is 456 g/mol. The molecule has 3 rings (SSSR count). The van der Waals surface area contributed by atoms with Crippen LogP contribution < -0.4 is 14.4 Å². The number of hydrogen-bond donors (Lipinski definition) is 1. The Bertz CT molecular complexity index is 1120. The van der Waals surface area contributed by atoms with E-state index in [1.54, 1.807) is 36.0 Å². The first kappa shape index (κ1) is 22.7. The van der Waals surface area contributed by atoms with E-state index in [0.717, 1.165) is 16.1 Å². The summed E-state index contributed by atoms with van der Waals surface area (Å²) in [6.07, 6.45) is 3.12. The molecular weight excluding hydrogens is 432 g/mol. The highest BCUT2D eigenvalue weighted by Gasteiger charge is 2.18. The van der Waals surface area contributed by atoms with Gasteiger partial charge in [0.2, 0.25) is 10.0 Å². The van der Waals surface area contributed by atoms with E-state index >= 15 is 0 Å². The van der Waals surface area contributed by atoms with Crippen LogP contribution >= 0.6 is 11.8 Å². The average molecular weight is 457 g/mol. The number of amides is 1. The number of carbonyl (C=O) groups is 1. The normalized spacial score (nSPS) is 11.0. The van der Waals surface area contributed by atoms with Gasteiger partial charge in [0.25, 0.3) is 5.91 Å². The van der Waals surface area contributed by atoms with Crippen molar-refractivity contribution in [2.45, 2.75) is 11.4 Å². The molecule has 0 spiro atoms. The third-order valence-electron chi connectivity index (χ3n) is 4.45. The summed E-state index contributed by atoms with van der Waals surface area (Å²) in [4.78, 5) is 13.2. The molecule has 1 amide bonds. The number of carbonyl (C=O) groups excluding carboxylic acids is 1. The predicted molar refractivity (Wildman–Crippen MR) is 126 cm³/mol. The van der Waals surface area contributed by atoms with E-state index < -0.39 is 10.0 Å². The van der Waals surface area contributed by atoms with Gasteiger partial charge in [0.1, 0.15) is 5.75 Å². The molecule has 0 aliphatic heterocycles. The molecule has 0 aromatic heterocycles. The first-order valence-electron chi connectivity index (χ1n) is 9.54. The second-order valence-electron chi connectivity index (χ2n) is 6.79. The van der Waals surface area contributed by atoms with E-state index in [0.29, 0.717) is 11.4 Å². The average Bonchev–Trinajstić information content (AvgIpc) is 2.77. The van der Waals surface area contributed by atoms with E-state index in [9.17, 15) is 13.2 Å². The quantitative estimate of drug-likeness (QED) is 0.483. The smallest absolute Gasteiger partial charge is 0.262 e. The van der Waals surface area contributed by atoms with Crippen LogP contribution in [0.2, 0.25) is 0 Å². The summed E-state index contributed by atoms with van der Waals surface area (Å²) in [5, 5.41) is 2.84. The maximum absolute atomic E-state index is 12.3. The van der Waals surface area contributed by atoms with E-state index in [4.69, 9.17) is 4.74 Å². The van der Waals surface area contributed by atoms with Crippen LogP contribution in [0.15, 0.2) is 83.8 Å². The maximum atomic E-state index is 12.3. The van der Waals surface area contributed by atoms with Crippen molar-refractivity contribution in [3.8, 4) is 5.75 Å². The van der Waals surface area contributed by atoms with Crippen LogP contribution in [0.3, 0.4) is 0 Å². The van der Waals surface area contributed by atoms with E-state index in [1.807, 2.05) is 60.9 Å². The molecule has 0 aliphatic rings. The van der Waals surface area contributed by atoms with Gasteiger partial charge in [0.05, 0.1) is 24.2 Å². The van der Waals surface area contributed by atoms with Gasteiger partial charge in [0, 0.05) is 4.90 Å². The van der Waals surface area contributed by atoms with Crippen LogP contribution in [0, 0.1) is 0 Å². The summed E-state index contributed by atoms with van der Waals surface area (Å²) in [5.41, 5.74) is 2.15. The molecule has 8 heteroatoms.